The van der Waals surface area contributed by atoms with Gasteiger partial charge >= 0.3 is 0 Å². The lowest BCUT2D eigenvalue weighted by Crippen LogP contribution is -2.23. The maximum absolute atomic E-state index is 11.6. The van der Waals surface area contributed by atoms with Gasteiger partial charge in [0.2, 0.25) is 0 Å². The van der Waals surface area contributed by atoms with Gasteiger partial charge in [0.15, 0.2) is 11.6 Å². The maximum atomic E-state index is 11.6. The Morgan fingerprint density at radius 2 is 2.25 bits per heavy atom. The fraction of sp³-hybridized carbons (Fsp3) is 0.143. The van der Waals surface area contributed by atoms with Crippen LogP contribution in [-0.4, -0.2) is 21.8 Å². The van der Waals surface area contributed by atoms with Crippen LogP contribution >= 0.6 is 11.6 Å². The van der Waals surface area contributed by atoms with Crippen molar-refractivity contribution in [2.24, 2.45) is 0 Å². The van der Waals surface area contributed by atoms with Crippen LogP contribution in [0.2, 0.25) is 5.02 Å². The van der Waals surface area contributed by atoms with Crippen molar-refractivity contribution < 1.29 is 4.79 Å². The Kier molecular flexibility index (Phi) is 3.09. The average Bonchev–Trinajstić information content (AvgIpc) is 3.16. The highest BCUT2D eigenvalue weighted by molar-refractivity contribution is 6.30. The Bertz CT molecular complexity index is 725. The molecule has 1 aliphatic carbocycles. The topological polar surface area (TPSA) is 69.9 Å². The molecule has 20 heavy (non-hydrogen) atoms. The molecule has 0 saturated heterocycles. The molecule has 1 aromatic carbocycles. The van der Waals surface area contributed by atoms with Crippen LogP contribution in [0, 0.1) is 11.3 Å². The maximum Gasteiger partial charge on any atom is 0.158 e. The van der Waals surface area contributed by atoms with Crippen LogP contribution in [0.5, 0.6) is 0 Å². The first-order valence-corrected chi connectivity index (χ1v) is 6.36. The van der Waals surface area contributed by atoms with Crippen LogP contribution < -0.4 is 4.90 Å². The highest BCUT2D eigenvalue weighted by Gasteiger charge is 2.42. The number of rotatable bonds is 3. The number of carbonyl (C=O) groups is 1. The molecule has 3 rings (SSSR count). The second kappa shape index (κ2) is 4.91. The second-order valence-corrected chi connectivity index (χ2v) is 4.84. The van der Waals surface area contributed by atoms with Gasteiger partial charge in [0, 0.05) is 17.1 Å². The summed E-state index contributed by atoms with van der Waals surface area (Å²) in [4.78, 5) is 21.3. The van der Waals surface area contributed by atoms with Crippen molar-refractivity contribution in [2.75, 3.05) is 4.90 Å². The first-order chi connectivity index (χ1) is 9.70. The monoisotopic (exact) mass is 284 g/mol. The third-order valence-corrected chi connectivity index (χ3v) is 3.28. The normalized spacial score (nSPS) is 16.6. The fourth-order valence-electron chi connectivity index (χ4n) is 2.04. The summed E-state index contributed by atoms with van der Waals surface area (Å²) in [7, 11) is 0. The number of hydrogen-bond donors (Lipinski definition) is 0. The summed E-state index contributed by atoms with van der Waals surface area (Å²) in [5.41, 5.74) is 1.07. The van der Waals surface area contributed by atoms with Crippen molar-refractivity contribution in [1.29, 1.82) is 5.26 Å². The lowest BCUT2D eigenvalue weighted by Gasteiger charge is -2.23. The van der Waals surface area contributed by atoms with Gasteiger partial charge in [-0.05, 0) is 18.2 Å². The lowest BCUT2D eigenvalue weighted by atomic mass is 10.2. The van der Waals surface area contributed by atoms with Crippen LogP contribution in [0.15, 0.2) is 36.8 Å². The number of halogens is 1. The van der Waals surface area contributed by atoms with Crippen LogP contribution in [0.1, 0.15) is 12.0 Å². The highest BCUT2D eigenvalue weighted by Crippen LogP contribution is 2.36. The molecule has 98 valence electrons. The lowest BCUT2D eigenvalue weighted by molar-refractivity contribution is -0.110. The Morgan fingerprint density at radius 3 is 2.90 bits per heavy atom. The van der Waals surface area contributed by atoms with E-state index >= 15 is 0 Å². The number of nitriles is 1. The Hall–Kier alpha value is -2.45. The molecule has 1 aromatic heterocycles. The van der Waals surface area contributed by atoms with Crippen LogP contribution in [-0.2, 0) is 4.79 Å². The number of ketones is 1. The molecule has 0 radical (unpaired) electrons. The summed E-state index contributed by atoms with van der Waals surface area (Å²) >= 11 is 6.00. The van der Waals surface area contributed by atoms with Crippen molar-refractivity contribution in [3.05, 3.63) is 47.4 Å². The predicted octanol–water partition coefficient (Wildman–Crippen LogP) is 2.48. The minimum Gasteiger partial charge on any atom is -0.314 e. The summed E-state index contributed by atoms with van der Waals surface area (Å²) < 4.78 is 0. The van der Waals surface area contributed by atoms with Crippen LogP contribution in [0.25, 0.3) is 0 Å². The van der Waals surface area contributed by atoms with Crippen molar-refractivity contribution in [2.45, 2.75) is 12.5 Å². The molecular weight excluding hydrogens is 276 g/mol. The minimum absolute atomic E-state index is 0.118. The van der Waals surface area contributed by atoms with E-state index < -0.39 is 0 Å². The zero-order valence-corrected chi connectivity index (χ0v) is 11.1. The molecule has 1 saturated carbocycles. The third kappa shape index (κ3) is 2.22. The van der Waals surface area contributed by atoms with Gasteiger partial charge in [-0.3, -0.25) is 4.79 Å². The molecule has 0 spiro atoms. The molecule has 0 aliphatic heterocycles. The second-order valence-electron chi connectivity index (χ2n) is 4.41. The molecule has 2 aromatic rings. The van der Waals surface area contributed by atoms with E-state index in [0.29, 0.717) is 22.8 Å². The standard InChI is InChI=1S/C14H9ClN4O/c15-10-2-1-3-11(4-10)19(12-5-13(12)20)14-9(6-16)7-17-8-18-14/h1-4,7-8,12H,5H2. The molecule has 0 amide bonds. The van der Waals surface area contributed by atoms with Crippen LogP contribution in [0.3, 0.4) is 0 Å². The molecule has 1 unspecified atom stereocenters. The molecule has 5 nitrogen and oxygen atoms in total. The number of carbonyl (C=O) groups excluding carboxylic acids is 1. The number of nitrogens with zero attached hydrogens (tertiary/aromatic N) is 4. The van der Waals surface area contributed by atoms with E-state index in [1.165, 1.54) is 12.5 Å². The molecule has 1 heterocycles. The van der Waals surface area contributed by atoms with E-state index in [1.807, 2.05) is 12.1 Å². The Morgan fingerprint density at radius 1 is 1.45 bits per heavy atom. The highest BCUT2D eigenvalue weighted by atomic mass is 35.5. The van der Waals surface area contributed by atoms with Gasteiger partial charge in [0.25, 0.3) is 0 Å². The first kappa shape index (κ1) is 12.6. The summed E-state index contributed by atoms with van der Waals surface area (Å²) in [5.74, 6) is 0.549. The largest absolute Gasteiger partial charge is 0.314 e. The third-order valence-electron chi connectivity index (χ3n) is 3.04. The van der Waals surface area contributed by atoms with Crippen molar-refractivity contribution in [3.63, 3.8) is 0 Å². The number of hydrogen-bond acceptors (Lipinski definition) is 5. The zero-order chi connectivity index (χ0) is 14.1. The van der Waals surface area contributed by atoms with E-state index in [1.54, 1.807) is 23.1 Å². The number of Topliss-reactive ketones (excluding diaryl/α,β-unsaturated/α-hetero) is 1. The summed E-state index contributed by atoms with van der Waals surface area (Å²) in [5, 5.41) is 9.73. The molecule has 0 N–H and O–H groups in total. The zero-order valence-electron chi connectivity index (χ0n) is 10.3. The molecule has 0 bridgehead atoms. The number of anilines is 2. The molecule has 6 heteroatoms. The average molecular weight is 285 g/mol. The molecule has 1 fully saturated rings. The summed E-state index contributed by atoms with van der Waals surface area (Å²) in [6.07, 6.45) is 3.24. The van der Waals surface area contributed by atoms with Crippen LogP contribution in [0.4, 0.5) is 11.5 Å². The Labute approximate surface area is 120 Å². The van der Waals surface area contributed by atoms with Gasteiger partial charge in [-0.25, -0.2) is 9.97 Å². The van der Waals surface area contributed by atoms with E-state index in [-0.39, 0.29) is 11.8 Å². The Balaban J connectivity index is 2.12. The fourth-order valence-corrected chi connectivity index (χ4v) is 2.22. The molecule has 1 atom stereocenters. The minimum atomic E-state index is -0.282. The van der Waals surface area contributed by atoms with E-state index in [4.69, 9.17) is 16.9 Å². The van der Waals surface area contributed by atoms with Crippen molar-refractivity contribution >= 4 is 28.9 Å². The van der Waals surface area contributed by atoms with Gasteiger partial charge in [0.1, 0.15) is 24.0 Å². The van der Waals surface area contributed by atoms with E-state index in [2.05, 4.69) is 9.97 Å². The molecule has 1 aliphatic rings. The van der Waals surface area contributed by atoms with Gasteiger partial charge < -0.3 is 4.90 Å². The number of aromatic nitrogens is 2. The van der Waals surface area contributed by atoms with Gasteiger partial charge in [-0.2, -0.15) is 5.26 Å². The van der Waals surface area contributed by atoms with Gasteiger partial charge in [0.05, 0.1) is 6.20 Å². The molecular formula is C14H9ClN4O. The van der Waals surface area contributed by atoms with E-state index in [0.717, 1.165) is 5.69 Å². The van der Waals surface area contributed by atoms with E-state index in [9.17, 15) is 4.79 Å². The predicted molar refractivity (Wildman–Crippen MR) is 73.8 cm³/mol. The summed E-state index contributed by atoms with van der Waals surface area (Å²) in [6, 6.07) is 8.89. The quantitative estimate of drug-likeness (QED) is 0.866. The van der Waals surface area contributed by atoms with Crippen molar-refractivity contribution in [1.82, 2.24) is 9.97 Å². The number of benzene rings is 1. The van der Waals surface area contributed by atoms with Crippen molar-refractivity contribution in [3.8, 4) is 6.07 Å². The smallest absolute Gasteiger partial charge is 0.158 e. The SMILES string of the molecule is N#Cc1cncnc1N(c1cccc(Cl)c1)C1CC1=O. The summed E-state index contributed by atoms with van der Waals surface area (Å²) in [6.45, 7) is 0. The van der Waals surface area contributed by atoms with Gasteiger partial charge in [-0.15, -0.1) is 0 Å². The van der Waals surface area contributed by atoms with Gasteiger partial charge in [-0.1, -0.05) is 17.7 Å². The first-order valence-electron chi connectivity index (χ1n) is 5.98.